The van der Waals surface area contributed by atoms with Crippen LogP contribution in [0, 0.1) is 5.82 Å². The molecular weight excluding hydrogens is 281 g/mol. The van der Waals surface area contributed by atoms with E-state index in [-0.39, 0.29) is 17.5 Å². The van der Waals surface area contributed by atoms with Gasteiger partial charge >= 0.3 is 0 Å². The molecule has 0 unspecified atom stereocenters. The van der Waals surface area contributed by atoms with E-state index in [0.29, 0.717) is 12.3 Å². The Morgan fingerprint density at radius 1 is 1.20 bits per heavy atom. The molecule has 0 bridgehead atoms. The summed E-state index contributed by atoms with van der Waals surface area (Å²) in [6, 6.07) is 13.6. The molecule has 0 saturated heterocycles. The van der Waals surface area contributed by atoms with E-state index in [1.165, 1.54) is 12.1 Å². The highest BCUT2D eigenvalue weighted by molar-refractivity contribution is 6.30. The average Bonchev–Trinajstić information content (AvgIpc) is 2.44. The molecule has 0 aliphatic carbocycles. The number of ether oxygens (including phenoxy) is 1. The molecule has 104 valence electrons. The van der Waals surface area contributed by atoms with Crippen molar-refractivity contribution in [2.45, 2.75) is 6.61 Å². The minimum atomic E-state index is -0.574. The van der Waals surface area contributed by atoms with Gasteiger partial charge in [-0.15, -0.1) is 0 Å². The number of benzene rings is 2. The van der Waals surface area contributed by atoms with Crippen LogP contribution in [0.2, 0.25) is 5.02 Å². The highest BCUT2D eigenvalue weighted by Gasteiger charge is 2.05. The third kappa shape index (κ3) is 4.33. The van der Waals surface area contributed by atoms with Crippen molar-refractivity contribution in [1.29, 1.82) is 0 Å². The van der Waals surface area contributed by atoms with Crippen LogP contribution in [-0.4, -0.2) is 12.5 Å². The maximum absolute atomic E-state index is 13.2. The highest BCUT2D eigenvalue weighted by atomic mass is 35.5. The number of anilines is 1. The van der Waals surface area contributed by atoms with Crippen LogP contribution in [0.3, 0.4) is 0 Å². The third-order valence-electron chi connectivity index (χ3n) is 2.55. The van der Waals surface area contributed by atoms with Crippen LogP contribution in [-0.2, 0) is 16.1 Å². The molecule has 0 fully saturated rings. The summed E-state index contributed by atoms with van der Waals surface area (Å²) in [5, 5.41) is 2.55. The summed E-state index contributed by atoms with van der Waals surface area (Å²) in [6.45, 7) is 0.252. The Labute approximate surface area is 121 Å². The Bertz CT molecular complexity index is 590. The lowest BCUT2D eigenvalue weighted by atomic mass is 10.2. The first-order valence-electron chi connectivity index (χ1n) is 6.02. The van der Waals surface area contributed by atoms with Gasteiger partial charge in [-0.05, 0) is 23.8 Å². The fourth-order valence-electron chi connectivity index (χ4n) is 1.61. The number of carbonyl (C=O) groups excluding carboxylic acids is 1. The van der Waals surface area contributed by atoms with E-state index < -0.39 is 5.82 Å². The standard InChI is InChI=1S/C15H13ClFNO2/c16-13-7-6-12(8-14(13)17)18-15(19)10-20-9-11-4-2-1-3-5-11/h1-8H,9-10H2,(H,18,19). The highest BCUT2D eigenvalue weighted by Crippen LogP contribution is 2.18. The van der Waals surface area contributed by atoms with Gasteiger partial charge in [-0.2, -0.15) is 0 Å². The molecule has 0 atom stereocenters. The van der Waals surface area contributed by atoms with Gasteiger partial charge in [0.1, 0.15) is 12.4 Å². The van der Waals surface area contributed by atoms with E-state index in [9.17, 15) is 9.18 Å². The third-order valence-corrected chi connectivity index (χ3v) is 2.85. The topological polar surface area (TPSA) is 38.3 Å². The van der Waals surface area contributed by atoms with Crippen LogP contribution in [0.25, 0.3) is 0 Å². The van der Waals surface area contributed by atoms with Crippen molar-refractivity contribution in [3.05, 3.63) is 64.9 Å². The van der Waals surface area contributed by atoms with Crippen molar-refractivity contribution in [3.8, 4) is 0 Å². The summed E-state index contributed by atoms with van der Waals surface area (Å²) in [5.74, 6) is -0.919. The summed E-state index contributed by atoms with van der Waals surface area (Å²) in [7, 11) is 0. The minimum Gasteiger partial charge on any atom is -0.367 e. The molecule has 3 nitrogen and oxygen atoms in total. The molecule has 20 heavy (non-hydrogen) atoms. The van der Waals surface area contributed by atoms with Crippen LogP contribution in [0.5, 0.6) is 0 Å². The number of nitrogens with one attached hydrogen (secondary N) is 1. The molecule has 0 heterocycles. The summed E-state index contributed by atoms with van der Waals surface area (Å²) in [4.78, 5) is 11.6. The Morgan fingerprint density at radius 3 is 2.65 bits per heavy atom. The maximum atomic E-state index is 13.2. The Morgan fingerprint density at radius 2 is 1.95 bits per heavy atom. The van der Waals surface area contributed by atoms with E-state index in [1.54, 1.807) is 0 Å². The molecule has 0 aromatic heterocycles. The van der Waals surface area contributed by atoms with Crippen LogP contribution < -0.4 is 5.32 Å². The van der Waals surface area contributed by atoms with Gasteiger partial charge in [-0.25, -0.2) is 4.39 Å². The largest absolute Gasteiger partial charge is 0.367 e. The number of rotatable bonds is 5. The van der Waals surface area contributed by atoms with E-state index in [0.717, 1.165) is 11.6 Å². The number of halogens is 2. The molecule has 5 heteroatoms. The van der Waals surface area contributed by atoms with Crippen molar-refractivity contribution in [3.63, 3.8) is 0 Å². The summed E-state index contributed by atoms with van der Waals surface area (Å²) >= 11 is 5.56. The number of carbonyl (C=O) groups is 1. The number of hydrogen-bond acceptors (Lipinski definition) is 2. The second-order valence-electron chi connectivity index (χ2n) is 4.16. The summed E-state index contributed by atoms with van der Waals surface area (Å²) in [5.41, 5.74) is 1.33. The molecule has 0 radical (unpaired) electrons. The predicted molar refractivity (Wildman–Crippen MR) is 76.1 cm³/mol. The quantitative estimate of drug-likeness (QED) is 0.914. The molecule has 0 aliphatic heterocycles. The number of hydrogen-bond donors (Lipinski definition) is 1. The lowest BCUT2D eigenvalue weighted by molar-refractivity contribution is -0.121. The van der Waals surface area contributed by atoms with Gasteiger partial charge in [0.15, 0.2) is 0 Å². The van der Waals surface area contributed by atoms with Gasteiger partial charge in [0.25, 0.3) is 0 Å². The fraction of sp³-hybridized carbons (Fsp3) is 0.133. The fourth-order valence-corrected chi connectivity index (χ4v) is 1.72. The molecular formula is C15H13ClFNO2. The van der Waals surface area contributed by atoms with Crippen molar-refractivity contribution in [2.75, 3.05) is 11.9 Å². The lowest BCUT2D eigenvalue weighted by Gasteiger charge is -2.07. The second kappa shape index (κ2) is 7.03. The van der Waals surface area contributed by atoms with Gasteiger partial charge < -0.3 is 10.1 Å². The first kappa shape index (κ1) is 14.5. The van der Waals surface area contributed by atoms with Gasteiger partial charge in [0.2, 0.25) is 5.91 Å². The molecule has 0 aliphatic rings. The zero-order valence-electron chi connectivity index (χ0n) is 10.6. The summed E-state index contributed by atoms with van der Waals surface area (Å²) < 4.78 is 18.5. The predicted octanol–water partition coefficient (Wildman–Crippen LogP) is 3.63. The van der Waals surface area contributed by atoms with Crippen molar-refractivity contribution >= 4 is 23.2 Å². The number of amides is 1. The molecule has 0 spiro atoms. The Kier molecular flexibility index (Phi) is 5.09. The lowest BCUT2D eigenvalue weighted by Crippen LogP contribution is -2.18. The zero-order chi connectivity index (χ0) is 14.4. The van der Waals surface area contributed by atoms with Crippen LogP contribution in [0.1, 0.15) is 5.56 Å². The first-order chi connectivity index (χ1) is 9.65. The normalized spacial score (nSPS) is 10.3. The van der Waals surface area contributed by atoms with Crippen LogP contribution in [0.4, 0.5) is 10.1 Å². The minimum absolute atomic E-state index is 0.0170. The molecule has 1 amide bonds. The van der Waals surface area contributed by atoms with Crippen molar-refractivity contribution < 1.29 is 13.9 Å². The van der Waals surface area contributed by atoms with Gasteiger partial charge in [0, 0.05) is 5.69 Å². The SMILES string of the molecule is O=C(COCc1ccccc1)Nc1ccc(Cl)c(F)c1. The van der Waals surface area contributed by atoms with Gasteiger partial charge in [0.05, 0.1) is 11.6 Å². The van der Waals surface area contributed by atoms with Gasteiger partial charge in [-0.3, -0.25) is 4.79 Å². The smallest absolute Gasteiger partial charge is 0.250 e. The monoisotopic (exact) mass is 293 g/mol. The molecule has 2 aromatic carbocycles. The molecule has 2 rings (SSSR count). The first-order valence-corrected chi connectivity index (χ1v) is 6.39. The average molecular weight is 294 g/mol. The maximum Gasteiger partial charge on any atom is 0.250 e. The van der Waals surface area contributed by atoms with Crippen LogP contribution in [0.15, 0.2) is 48.5 Å². The molecule has 0 saturated carbocycles. The molecule has 1 N–H and O–H groups in total. The Balaban J connectivity index is 1.79. The van der Waals surface area contributed by atoms with Crippen LogP contribution >= 0.6 is 11.6 Å². The van der Waals surface area contributed by atoms with Crippen molar-refractivity contribution in [1.82, 2.24) is 0 Å². The van der Waals surface area contributed by atoms with Crippen molar-refractivity contribution in [2.24, 2.45) is 0 Å². The van der Waals surface area contributed by atoms with E-state index >= 15 is 0 Å². The Hall–Kier alpha value is -1.91. The second-order valence-corrected chi connectivity index (χ2v) is 4.56. The summed E-state index contributed by atoms with van der Waals surface area (Å²) in [6.07, 6.45) is 0. The zero-order valence-corrected chi connectivity index (χ0v) is 11.4. The van der Waals surface area contributed by atoms with E-state index in [2.05, 4.69) is 5.32 Å². The van der Waals surface area contributed by atoms with E-state index in [4.69, 9.17) is 16.3 Å². The molecule has 2 aromatic rings. The van der Waals surface area contributed by atoms with E-state index in [1.807, 2.05) is 30.3 Å². The van der Waals surface area contributed by atoms with Gasteiger partial charge in [-0.1, -0.05) is 41.9 Å².